The van der Waals surface area contributed by atoms with Crippen molar-refractivity contribution in [3.05, 3.63) is 52.8 Å². The number of rotatable bonds is 5. The number of benzene rings is 1. The number of hydrogen-bond donors (Lipinski definition) is 1. The van der Waals surface area contributed by atoms with Crippen LogP contribution in [0, 0.1) is 0 Å². The maximum Gasteiger partial charge on any atom is 0.0522 e. The van der Waals surface area contributed by atoms with Crippen molar-refractivity contribution in [2.75, 3.05) is 0 Å². The highest BCUT2D eigenvalue weighted by molar-refractivity contribution is 6.31. The number of aromatic nitrogens is 2. The SMILES string of the molecule is CCn1nccc1CN[C@@H](C)c1ccccc1Cl. The summed E-state index contributed by atoms with van der Waals surface area (Å²) in [4.78, 5) is 0. The molecular weight excluding hydrogens is 246 g/mol. The van der Waals surface area contributed by atoms with Gasteiger partial charge in [-0.25, -0.2) is 0 Å². The van der Waals surface area contributed by atoms with E-state index in [2.05, 4.69) is 30.3 Å². The Balaban J connectivity index is 2.01. The summed E-state index contributed by atoms with van der Waals surface area (Å²) in [5.41, 5.74) is 2.32. The molecule has 96 valence electrons. The van der Waals surface area contributed by atoms with E-state index in [4.69, 9.17) is 11.6 Å². The Bertz CT molecular complexity index is 507. The monoisotopic (exact) mass is 263 g/mol. The number of nitrogens with one attached hydrogen (secondary N) is 1. The second-order valence-electron chi connectivity index (χ2n) is 4.26. The van der Waals surface area contributed by atoms with Crippen LogP contribution in [0.4, 0.5) is 0 Å². The molecule has 4 heteroatoms. The van der Waals surface area contributed by atoms with Crippen molar-refractivity contribution in [1.29, 1.82) is 0 Å². The van der Waals surface area contributed by atoms with Crippen LogP contribution in [0.1, 0.15) is 31.1 Å². The molecule has 0 aliphatic carbocycles. The smallest absolute Gasteiger partial charge is 0.0522 e. The fourth-order valence-corrected chi connectivity index (χ4v) is 2.29. The van der Waals surface area contributed by atoms with Gasteiger partial charge in [0.25, 0.3) is 0 Å². The third kappa shape index (κ3) is 2.92. The largest absolute Gasteiger partial charge is 0.305 e. The Labute approximate surface area is 113 Å². The Morgan fingerprint density at radius 3 is 2.83 bits per heavy atom. The average Bonchev–Trinajstić information content (AvgIpc) is 2.84. The molecule has 0 fully saturated rings. The quantitative estimate of drug-likeness (QED) is 0.896. The Hall–Kier alpha value is -1.32. The predicted octanol–water partition coefficient (Wildman–Crippen LogP) is 3.41. The molecule has 18 heavy (non-hydrogen) atoms. The van der Waals surface area contributed by atoms with Crippen LogP contribution in [0.2, 0.25) is 5.02 Å². The van der Waals surface area contributed by atoms with Crippen molar-refractivity contribution >= 4 is 11.6 Å². The van der Waals surface area contributed by atoms with Gasteiger partial charge in [0.1, 0.15) is 0 Å². The minimum atomic E-state index is 0.221. The van der Waals surface area contributed by atoms with Gasteiger partial charge in [-0.15, -0.1) is 0 Å². The fourth-order valence-electron chi connectivity index (χ4n) is 1.99. The summed E-state index contributed by atoms with van der Waals surface area (Å²) in [6.45, 7) is 5.90. The van der Waals surface area contributed by atoms with E-state index in [1.807, 2.05) is 35.1 Å². The molecular formula is C14H18ClN3. The summed E-state index contributed by atoms with van der Waals surface area (Å²) in [6, 6.07) is 10.2. The van der Waals surface area contributed by atoms with Crippen LogP contribution in [-0.4, -0.2) is 9.78 Å². The molecule has 1 N–H and O–H groups in total. The van der Waals surface area contributed by atoms with Crippen molar-refractivity contribution in [3.8, 4) is 0 Å². The van der Waals surface area contributed by atoms with Crippen LogP contribution in [-0.2, 0) is 13.1 Å². The summed E-state index contributed by atoms with van der Waals surface area (Å²) < 4.78 is 1.99. The molecule has 1 atom stereocenters. The number of aryl methyl sites for hydroxylation is 1. The van der Waals surface area contributed by atoms with Gasteiger partial charge in [-0.1, -0.05) is 29.8 Å². The zero-order valence-corrected chi connectivity index (χ0v) is 11.5. The second kappa shape index (κ2) is 6.03. The van der Waals surface area contributed by atoms with Crippen molar-refractivity contribution in [3.63, 3.8) is 0 Å². The van der Waals surface area contributed by atoms with E-state index in [0.717, 1.165) is 23.7 Å². The maximum absolute atomic E-state index is 6.18. The van der Waals surface area contributed by atoms with Crippen LogP contribution in [0.25, 0.3) is 0 Å². The first-order valence-corrected chi connectivity index (χ1v) is 6.58. The molecule has 0 aliphatic heterocycles. The van der Waals surface area contributed by atoms with E-state index in [-0.39, 0.29) is 6.04 Å². The second-order valence-corrected chi connectivity index (χ2v) is 4.67. The molecule has 1 heterocycles. The normalized spacial score (nSPS) is 12.6. The van der Waals surface area contributed by atoms with Crippen LogP contribution in [0.5, 0.6) is 0 Å². The van der Waals surface area contributed by atoms with E-state index < -0.39 is 0 Å². The van der Waals surface area contributed by atoms with Gasteiger partial charge in [-0.2, -0.15) is 5.10 Å². The van der Waals surface area contributed by atoms with Crippen molar-refractivity contribution in [2.45, 2.75) is 33.0 Å². The molecule has 0 amide bonds. The first-order valence-electron chi connectivity index (χ1n) is 6.21. The molecule has 3 nitrogen and oxygen atoms in total. The lowest BCUT2D eigenvalue weighted by molar-refractivity contribution is 0.532. The van der Waals surface area contributed by atoms with Crippen LogP contribution < -0.4 is 5.32 Å². The summed E-state index contributed by atoms with van der Waals surface area (Å²) >= 11 is 6.18. The van der Waals surface area contributed by atoms with Crippen molar-refractivity contribution in [1.82, 2.24) is 15.1 Å². The highest BCUT2D eigenvalue weighted by atomic mass is 35.5. The standard InChI is InChI=1S/C14H18ClN3/c1-3-18-12(8-9-17-18)10-16-11(2)13-6-4-5-7-14(13)15/h4-9,11,16H,3,10H2,1-2H3/t11-/m0/s1. The molecule has 0 spiro atoms. The predicted molar refractivity (Wildman–Crippen MR) is 74.6 cm³/mol. The average molecular weight is 264 g/mol. The number of nitrogens with zero attached hydrogens (tertiary/aromatic N) is 2. The van der Waals surface area contributed by atoms with Gasteiger partial charge in [0.15, 0.2) is 0 Å². The number of hydrogen-bond acceptors (Lipinski definition) is 2. The molecule has 0 saturated heterocycles. The summed E-state index contributed by atoms with van der Waals surface area (Å²) in [5.74, 6) is 0. The van der Waals surface area contributed by atoms with Gasteiger partial charge in [0.2, 0.25) is 0 Å². The topological polar surface area (TPSA) is 29.9 Å². The van der Waals surface area contributed by atoms with E-state index in [1.165, 1.54) is 5.69 Å². The molecule has 0 bridgehead atoms. The van der Waals surface area contributed by atoms with E-state index >= 15 is 0 Å². The van der Waals surface area contributed by atoms with Gasteiger partial charge in [-0.05, 0) is 31.5 Å². The highest BCUT2D eigenvalue weighted by Gasteiger charge is 2.09. The molecule has 1 aromatic carbocycles. The van der Waals surface area contributed by atoms with Gasteiger partial charge in [-0.3, -0.25) is 4.68 Å². The molecule has 0 radical (unpaired) electrons. The molecule has 1 aromatic heterocycles. The van der Waals surface area contributed by atoms with Crippen molar-refractivity contribution in [2.24, 2.45) is 0 Å². The summed E-state index contributed by atoms with van der Waals surface area (Å²) in [6.07, 6.45) is 1.83. The summed E-state index contributed by atoms with van der Waals surface area (Å²) in [7, 11) is 0. The lowest BCUT2D eigenvalue weighted by Gasteiger charge is -2.16. The Morgan fingerprint density at radius 2 is 2.11 bits per heavy atom. The molecule has 0 aliphatic rings. The maximum atomic E-state index is 6.18. The minimum Gasteiger partial charge on any atom is -0.305 e. The third-order valence-electron chi connectivity index (χ3n) is 3.07. The number of halogens is 1. The van der Waals surface area contributed by atoms with Crippen LogP contribution in [0.15, 0.2) is 36.5 Å². The first kappa shape index (κ1) is 13.1. The third-order valence-corrected chi connectivity index (χ3v) is 3.41. The molecule has 0 unspecified atom stereocenters. The van der Waals surface area contributed by atoms with Gasteiger partial charge >= 0.3 is 0 Å². The Kier molecular flexibility index (Phi) is 4.39. The Morgan fingerprint density at radius 1 is 1.33 bits per heavy atom. The fraction of sp³-hybridized carbons (Fsp3) is 0.357. The van der Waals surface area contributed by atoms with Gasteiger partial charge in [0, 0.05) is 30.4 Å². The van der Waals surface area contributed by atoms with E-state index in [9.17, 15) is 0 Å². The molecule has 2 aromatic rings. The van der Waals surface area contributed by atoms with E-state index in [0.29, 0.717) is 0 Å². The van der Waals surface area contributed by atoms with Crippen LogP contribution in [0.3, 0.4) is 0 Å². The van der Waals surface area contributed by atoms with Gasteiger partial charge in [0.05, 0.1) is 5.69 Å². The van der Waals surface area contributed by atoms with Crippen LogP contribution >= 0.6 is 11.6 Å². The zero-order chi connectivity index (χ0) is 13.0. The summed E-state index contributed by atoms with van der Waals surface area (Å²) in [5, 5.41) is 8.53. The highest BCUT2D eigenvalue weighted by Crippen LogP contribution is 2.22. The zero-order valence-electron chi connectivity index (χ0n) is 10.7. The lowest BCUT2D eigenvalue weighted by Crippen LogP contribution is -2.20. The molecule has 0 saturated carbocycles. The molecule has 2 rings (SSSR count). The van der Waals surface area contributed by atoms with Crippen molar-refractivity contribution < 1.29 is 0 Å². The minimum absolute atomic E-state index is 0.221. The van der Waals surface area contributed by atoms with Gasteiger partial charge < -0.3 is 5.32 Å². The lowest BCUT2D eigenvalue weighted by atomic mass is 10.1. The van der Waals surface area contributed by atoms with E-state index in [1.54, 1.807) is 0 Å². The first-order chi connectivity index (χ1) is 8.72.